The molecule has 21 heavy (non-hydrogen) atoms. The average Bonchev–Trinajstić information content (AvgIpc) is 3.13. The minimum absolute atomic E-state index is 0.0360. The van der Waals surface area contributed by atoms with Gasteiger partial charge in [0.25, 0.3) is 0 Å². The van der Waals surface area contributed by atoms with Gasteiger partial charge in [-0.05, 0) is 19.3 Å². The Kier molecular flexibility index (Phi) is 3.75. The van der Waals surface area contributed by atoms with E-state index in [2.05, 4.69) is 4.98 Å². The Morgan fingerprint density at radius 3 is 2.71 bits per heavy atom. The SMILES string of the molecule is COC(=O)c1ncn([C@@H]2CCC[C@H]2O)c1-c1ccccc1. The normalized spacial score (nSPS) is 21.4. The van der Waals surface area contributed by atoms with Crippen LogP contribution in [0.15, 0.2) is 36.7 Å². The van der Waals surface area contributed by atoms with Crippen molar-refractivity contribution in [2.75, 3.05) is 7.11 Å². The monoisotopic (exact) mass is 286 g/mol. The van der Waals surface area contributed by atoms with E-state index in [0.29, 0.717) is 11.4 Å². The Morgan fingerprint density at radius 1 is 1.33 bits per heavy atom. The van der Waals surface area contributed by atoms with Gasteiger partial charge in [0.05, 0.1) is 31.3 Å². The van der Waals surface area contributed by atoms with E-state index >= 15 is 0 Å². The molecule has 1 saturated carbocycles. The lowest BCUT2D eigenvalue weighted by Crippen LogP contribution is -2.19. The van der Waals surface area contributed by atoms with Gasteiger partial charge < -0.3 is 14.4 Å². The summed E-state index contributed by atoms with van der Waals surface area (Å²) in [7, 11) is 1.35. The minimum atomic E-state index is -0.458. The summed E-state index contributed by atoms with van der Waals surface area (Å²) in [5, 5.41) is 10.2. The third-order valence-corrected chi connectivity index (χ3v) is 4.02. The van der Waals surface area contributed by atoms with Gasteiger partial charge in [-0.15, -0.1) is 0 Å². The average molecular weight is 286 g/mol. The molecule has 1 aromatic heterocycles. The molecule has 0 aliphatic heterocycles. The van der Waals surface area contributed by atoms with Crippen LogP contribution in [0.2, 0.25) is 0 Å². The highest BCUT2D eigenvalue weighted by molar-refractivity contribution is 5.94. The molecular weight excluding hydrogens is 268 g/mol. The number of carbonyl (C=O) groups excluding carboxylic acids is 1. The van der Waals surface area contributed by atoms with Gasteiger partial charge in [-0.1, -0.05) is 30.3 Å². The third-order valence-electron chi connectivity index (χ3n) is 4.02. The number of aliphatic hydroxyl groups excluding tert-OH is 1. The summed E-state index contributed by atoms with van der Waals surface area (Å²) < 4.78 is 6.74. The summed E-state index contributed by atoms with van der Waals surface area (Å²) in [5.41, 5.74) is 1.91. The van der Waals surface area contributed by atoms with E-state index in [1.807, 2.05) is 34.9 Å². The fourth-order valence-corrected chi connectivity index (χ4v) is 2.99. The second-order valence-corrected chi connectivity index (χ2v) is 5.27. The van der Waals surface area contributed by atoms with E-state index in [1.54, 1.807) is 6.33 Å². The molecule has 1 aliphatic carbocycles. The Balaban J connectivity index is 2.13. The molecule has 1 heterocycles. The third kappa shape index (κ3) is 2.45. The van der Waals surface area contributed by atoms with Crippen LogP contribution < -0.4 is 0 Å². The van der Waals surface area contributed by atoms with Gasteiger partial charge in [-0.3, -0.25) is 0 Å². The Bertz CT molecular complexity index is 636. The fraction of sp³-hybridized carbons (Fsp3) is 0.375. The summed E-state index contributed by atoms with van der Waals surface area (Å²) in [6.07, 6.45) is 3.88. The number of methoxy groups -OCH3 is 1. The molecule has 0 radical (unpaired) electrons. The summed E-state index contributed by atoms with van der Waals surface area (Å²) in [6.45, 7) is 0. The molecule has 0 saturated heterocycles. The molecule has 0 bridgehead atoms. The van der Waals surface area contributed by atoms with Crippen molar-refractivity contribution in [3.05, 3.63) is 42.4 Å². The van der Waals surface area contributed by atoms with Crippen LogP contribution in [0.5, 0.6) is 0 Å². The first-order valence-electron chi connectivity index (χ1n) is 7.11. The Labute approximate surface area is 123 Å². The van der Waals surface area contributed by atoms with Crippen LogP contribution >= 0.6 is 0 Å². The number of benzene rings is 1. The first-order valence-corrected chi connectivity index (χ1v) is 7.11. The number of nitrogens with zero attached hydrogens (tertiary/aromatic N) is 2. The van der Waals surface area contributed by atoms with Crippen LogP contribution in [0.4, 0.5) is 0 Å². The summed E-state index contributed by atoms with van der Waals surface area (Å²) in [6, 6.07) is 9.58. The molecule has 1 N–H and O–H groups in total. The summed E-state index contributed by atoms with van der Waals surface area (Å²) in [5.74, 6) is -0.458. The van der Waals surface area contributed by atoms with Gasteiger partial charge >= 0.3 is 5.97 Å². The van der Waals surface area contributed by atoms with Crippen LogP contribution in [-0.2, 0) is 4.74 Å². The largest absolute Gasteiger partial charge is 0.464 e. The van der Waals surface area contributed by atoms with E-state index in [0.717, 1.165) is 24.8 Å². The van der Waals surface area contributed by atoms with Gasteiger partial charge in [-0.2, -0.15) is 0 Å². The lowest BCUT2D eigenvalue weighted by atomic mass is 10.1. The number of carbonyl (C=O) groups is 1. The van der Waals surface area contributed by atoms with Crippen LogP contribution in [0.25, 0.3) is 11.3 Å². The number of esters is 1. The van der Waals surface area contributed by atoms with Gasteiger partial charge in [0.2, 0.25) is 0 Å². The van der Waals surface area contributed by atoms with Crippen molar-refractivity contribution in [3.63, 3.8) is 0 Å². The van der Waals surface area contributed by atoms with E-state index in [1.165, 1.54) is 7.11 Å². The molecule has 2 aromatic rings. The maximum absolute atomic E-state index is 12.0. The minimum Gasteiger partial charge on any atom is -0.464 e. The Hall–Kier alpha value is -2.14. The van der Waals surface area contributed by atoms with Crippen LogP contribution in [0.3, 0.4) is 0 Å². The zero-order chi connectivity index (χ0) is 14.8. The molecular formula is C16H18N2O3. The lowest BCUT2D eigenvalue weighted by Gasteiger charge is -2.19. The number of aromatic nitrogens is 2. The van der Waals surface area contributed by atoms with Crippen molar-refractivity contribution in [3.8, 4) is 11.3 Å². The van der Waals surface area contributed by atoms with E-state index in [4.69, 9.17) is 4.74 Å². The molecule has 110 valence electrons. The van der Waals surface area contributed by atoms with Gasteiger partial charge in [0.15, 0.2) is 5.69 Å². The molecule has 0 spiro atoms. The molecule has 1 aromatic carbocycles. The van der Waals surface area contributed by atoms with Crippen molar-refractivity contribution in [1.82, 2.24) is 9.55 Å². The van der Waals surface area contributed by atoms with Crippen LogP contribution in [0.1, 0.15) is 35.8 Å². The highest BCUT2D eigenvalue weighted by Gasteiger charge is 2.31. The first-order chi connectivity index (χ1) is 10.2. The second-order valence-electron chi connectivity index (χ2n) is 5.27. The van der Waals surface area contributed by atoms with E-state index in [-0.39, 0.29) is 6.04 Å². The predicted octanol–water partition coefficient (Wildman–Crippen LogP) is 2.42. The highest BCUT2D eigenvalue weighted by Crippen LogP contribution is 2.35. The molecule has 1 aliphatic rings. The number of rotatable bonds is 3. The van der Waals surface area contributed by atoms with Gasteiger partial charge in [0.1, 0.15) is 0 Å². The number of hydrogen-bond acceptors (Lipinski definition) is 4. The maximum atomic E-state index is 12.0. The Morgan fingerprint density at radius 2 is 2.10 bits per heavy atom. The zero-order valence-electron chi connectivity index (χ0n) is 11.9. The van der Waals surface area contributed by atoms with Crippen molar-refractivity contribution in [2.24, 2.45) is 0 Å². The topological polar surface area (TPSA) is 64.3 Å². The lowest BCUT2D eigenvalue weighted by molar-refractivity contribution is 0.0595. The molecule has 5 heteroatoms. The number of aliphatic hydroxyl groups is 1. The standard InChI is InChI=1S/C16H18N2O3/c1-21-16(20)14-15(11-6-3-2-4-7-11)18(10-17-14)12-8-5-9-13(12)19/h2-4,6-7,10,12-13,19H,5,8-9H2,1H3/t12-,13-/m1/s1. The summed E-state index contributed by atoms with van der Waals surface area (Å²) in [4.78, 5) is 16.2. The number of ether oxygens (including phenoxy) is 1. The zero-order valence-corrected chi connectivity index (χ0v) is 11.9. The van der Waals surface area contributed by atoms with E-state index < -0.39 is 12.1 Å². The maximum Gasteiger partial charge on any atom is 0.358 e. The smallest absolute Gasteiger partial charge is 0.358 e. The second kappa shape index (κ2) is 5.69. The molecule has 5 nitrogen and oxygen atoms in total. The molecule has 3 rings (SSSR count). The van der Waals surface area contributed by atoms with Gasteiger partial charge in [-0.25, -0.2) is 9.78 Å². The van der Waals surface area contributed by atoms with Gasteiger partial charge in [0, 0.05) is 5.56 Å². The van der Waals surface area contributed by atoms with Crippen LogP contribution in [-0.4, -0.2) is 33.8 Å². The van der Waals surface area contributed by atoms with Crippen molar-refractivity contribution >= 4 is 5.97 Å². The van der Waals surface area contributed by atoms with Crippen LogP contribution in [0, 0.1) is 0 Å². The van der Waals surface area contributed by atoms with Crippen molar-refractivity contribution in [2.45, 2.75) is 31.4 Å². The van der Waals surface area contributed by atoms with E-state index in [9.17, 15) is 9.90 Å². The van der Waals surface area contributed by atoms with Crippen molar-refractivity contribution in [1.29, 1.82) is 0 Å². The number of imidazole rings is 1. The summed E-state index contributed by atoms with van der Waals surface area (Å²) >= 11 is 0. The predicted molar refractivity (Wildman–Crippen MR) is 77.9 cm³/mol. The molecule has 2 atom stereocenters. The fourth-order valence-electron chi connectivity index (χ4n) is 2.99. The molecule has 1 fully saturated rings. The number of hydrogen-bond donors (Lipinski definition) is 1. The quantitative estimate of drug-likeness (QED) is 0.880. The molecule has 0 amide bonds. The highest BCUT2D eigenvalue weighted by atomic mass is 16.5. The first kappa shape index (κ1) is 13.8. The van der Waals surface area contributed by atoms with Crippen molar-refractivity contribution < 1.29 is 14.6 Å². The molecule has 0 unspecified atom stereocenters.